The van der Waals surface area contributed by atoms with Crippen molar-refractivity contribution < 1.29 is 17.9 Å². The van der Waals surface area contributed by atoms with Gasteiger partial charge in [0, 0.05) is 6.42 Å². The van der Waals surface area contributed by atoms with Gasteiger partial charge in [-0.25, -0.2) is 8.78 Å². The van der Waals surface area contributed by atoms with Gasteiger partial charge in [-0.2, -0.15) is 0 Å². The number of hydrogen-bond donors (Lipinski definition) is 0. The Hall–Kier alpha value is -0.380. The van der Waals surface area contributed by atoms with Crippen molar-refractivity contribution in [2.45, 2.75) is 25.7 Å². The molecule has 0 unspecified atom stereocenters. The summed E-state index contributed by atoms with van der Waals surface area (Å²) in [5.41, 5.74) is 0. The van der Waals surface area contributed by atoms with Crippen molar-refractivity contribution in [1.29, 1.82) is 0 Å². The summed E-state index contributed by atoms with van der Waals surface area (Å²) in [6, 6.07) is 0. The van der Waals surface area contributed by atoms with Crippen LogP contribution in [0, 0.1) is 0 Å². The molecule has 2 nitrogen and oxygen atoms in total. The Bertz CT molecular complexity index is 121. The molecule has 0 aromatic heterocycles. The Balaban J connectivity index is 3.46. The number of hydrogen-bond acceptors (Lipinski definition) is 2. The van der Waals surface area contributed by atoms with E-state index in [1.807, 2.05) is 0 Å². The van der Waals surface area contributed by atoms with Crippen LogP contribution in [0.3, 0.4) is 0 Å². The van der Waals surface area contributed by atoms with Gasteiger partial charge in [0.2, 0.25) is 5.92 Å². The van der Waals surface area contributed by atoms with Gasteiger partial charge in [0.05, 0.1) is 6.42 Å². The highest BCUT2D eigenvalue weighted by Crippen LogP contribution is 2.18. The molecule has 0 heterocycles. The lowest BCUT2D eigenvalue weighted by molar-refractivity contribution is -0.135. The largest absolute Gasteiger partial charge is 0.348 e. The van der Waals surface area contributed by atoms with Crippen LogP contribution in [-0.4, -0.2) is 11.9 Å². The Morgan fingerprint density at radius 1 is 1.70 bits per heavy atom. The number of carbonyl (C=O) groups excluding carboxylic acids is 1. The molecule has 60 valence electrons. The van der Waals surface area contributed by atoms with E-state index in [0.29, 0.717) is 0 Å². The maximum absolute atomic E-state index is 12.0. The molecule has 0 aromatic rings. The molecule has 0 N–H and O–H groups in total. The van der Waals surface area contributed by atoms with E-state index >= 15 is 0 Å². The third-order valence-corrected chi connectivity index (χ3v) is 1.03. The van der Waals surface area contributed by atoms with Crippen molar-refractivity contribution >= 4 is 17.8 Å². The molecular weight excluding hydrogens is 166 g/mol. The second-order valence-corrected chi connectivity index (χ2v) is 2.17. The maximum Gasteiger partial charge on any atom is 0.324 e. The molecule has 0 saturated heterocycles. The molecule has 0 bridgehead atoms. The van der Waals surface area contributed by atoms with Crippen LogP contribution in [0.15, 0.2) is 0 Å². The van der Waals surface area contributed by atoms with E-state index in [1.54, 1.807) is 0 Å². The number of carbonyl (C=O) groups is 1. The molecule has 0 aliphatic carbocycles. The van der Waals surface area contributed by atoms with E-state index in [4.69, 9.17) is 0 Å². The molecule has 0 atom stereocenters. The van der Waals surface area contributed by atoms with E-state index < -0.39 is 18.3 Å². The molecule has 5 heteroatoms. The predicted molar refractivity (Wildman–Crippen MR) is 31.8 cm³/mol. The van der Waals surface area contributed by atoms with Gasteiger partial charge in [-0.05, 0) is 6.92 Å². The third kappa shape index (κ3) is 5.75. The van der Waals surface area contributed by atoms with Crippen molar-refractivity contribution in [2.75, 3.05) is 0 Å². The fourth-order valence-corrected chi connectivity index (χ4v) is 0.437. The minimum Gasteiger partial charge on any atom is -0.348 e. The molecule has 0 aromatic carbocycles. The first-order valence-corrected chi connectivity index (χ1v) is 2.96. The zero-order valence-electron chi connectivity index (χ0n) is 5.36. The fourth-order valence-electron chi connectivity index (χ4n) is 0.360. The predicted octanol–water partition coefficient (Wildman–Crippen LogP) is 2.12. The molecule has 0 aliphatic heterocycles. The summed E-state index contributed by atoms with van der Waals surface area (Å²) >= 11 is 4.59. The summed E-state index contributed by atoms with van der Waals surface area (Å²) in [5.74, 6) is -3.66. The van der Waals surface area contributed by atoms with Crippen LogP contribution in [-0.2, 0) is 9.08 Å². The van der Waals surface area contributed by atoms with Gasteiger partial charge < -0.3 is 4.29 Å². The molecule has 0 aliphatic rings. The van der Waals surface area contributed by atoms with Gasteiger partial charge in [-0.15, -0.1) is 0 Å². The molecule has 0 saturated carbocycles. The van der Waals surface area contributed by atoms with Gasteiger partial charge in [0.1, 0.15) is 11.9 Å². The van der Waals surface area contributed by atoms with Gasteiger partial charge in [0.25, 0.3) is 0 Å². The molecule has 0 spiro atoms. The topological polar surface area (TPSA) is 26.3 Å². The van der Waals surface area contributed by atoms with Crippen LogP contribution >= 0.6 is 11.9 Å². The molecule has 0 rings (SSSR count). The lowest BCUT2D eigenvalue weighted by atomic mass is 10.2. The van der Waals surface area contributed by atoms with Gasteiger partial charge in [-0.3, -0.25) is 4.79 Å². The molecule has 0 radical (unpaired) electrons. The second-order valence-electron chi connectivity index (χ2n) is 2.02. The van der Waals surface area contributed by atoms with Crippen LogP contribution < -0.4 is 0 Å². The normalized spacial score (nSPS) is 11.2. The standard InChI is InChI=1S/C5H7ClF2O2/c1-5(7,8)3-2-4(9)10-6/h2-3H2,1H3. The van der Waals surface area contributed by atoms with Gasteiger partial charge in [-0.1, -0.05) is 0 Å². The Kier molecular flexibility index (Phi) is 3.57. The summed E-state index contributed by atoms with van der Waals surface area (Å²) < 4.78 is 27.6. The highest BCUT2D eigenvalue weighted by molar-refractivity contribution is 6.13. The monoisotopic (exact) mass is 172 g/mol. The first-order chi connectivity index (χ1) is 4.45. The molecule has 0 amide bonds. The van der Waals surface area contributed by atoms with E-state index in [1.165, 1.54) is 0 Å². The molecule has 10 heavy (non-hydrogen) atoms. The molecular formula is C5H7ClF2O2. The van der Waals surface area contributed by atoms with Crippen LogP contribution in [0.5, 0.6) is 0 Å². The van der Waals surface area contributed by atoms with Gasteiger partial charge in [0.15, 0.2) is 0 Å². The zero-order chi connectivity index (χ0) is 8.20. The first kappa shape index (κ1) is 9.62. The number of alkyl halides is 2. The third-order valence-electron chi connectivity index (χ3n) is 0.854. The summed E-state index contributed by atoms with van der Waals surface area (Å²) in [5, 5.41) is 0. The summed E-state index contributed by atoms with van der Waals surface area (Å²) in [6.07, 6.45) is -0.883. The Morgan fingerprint density at radius 2 is 2.20 bits per heavy atom. The van der Waals surface area contributed by atoms with Crippen molar-refractivity contribution in [3.05, 3.63) is 0 Å². The summed E-state index contributed by atoms with van der Waals surface area (Å²) in [6.45, 7) is 0.731. The lowest BCUT2D eigenvalue weighted by Gasteiger charge is -2.06. The van der Waals surface area contributed by atoms with Crippen LogP contribution in [0.1, 0.15) is 19.8 Å². The highest BCUT2D eigenvalue weighted by Gasteiger charge is 2.22. The Morgan fingerprint density at radius 3 is 2.50 bits per heavy atom. The second kappa shape index (κ2) is 3.71. The number of halogens is 3. The van der Waals surface area contributed by atoms with Crippen molar-refractivity contribution in [3.8, 4) is 0 Å². The minimum atomic E-state index is -2.83. The smallest absolute Gasteiger partial charge is 0.324 e. The first-order valence-electron chi connectivity index (χ1n) is 2.65. The number of rotatable bonds is 3. The van der Waals surface area contributed by atoms with Crippen LogP contribution in [0.4, 0.5) is 8.78 Å². The van der Waals surface area contributed by atoms with Crippen molar-refractivity contribution in [1.82, 2.24) is 0 Å². The average Bonchev–Trinajstić information content (AvgIpc) is 1.81. The van der Waals surface area contributed by atoms with Crippen molar-refractivity contribution in [3.63, 3.8) is 0 Å². The fraction of sp³-hybridized carbons (Fsp3) is 0.800. The Labute approximate surface area is 62.3 Å². The lowest BCUT2D eigenvalue weighted by Crippen LogP contribution is -2.12. The van der Waals surface area contributed by atoms with E-state index in [2.05, 4.69) is 16.2 Å². The van der Waals surface area contributed by atoms with Gasteiger partial charge >= 0.3 is 5.97 Å². The van der Waals surface area contributed by atoms with E-state index in [9.17, 15) is 13.6 Å². The maximum atomic E-state index is 12.0. The van der Waals surface area contributed by atoms with Crippen LogP contribution in [0.2, 0.25) is 0 Å². The summed E-state index contributed by atoms with van der Waals surface area (Å²) in [7, 11) is 0. The van der Waals surface area contributed by atoms with E-state index in [0.717, 1.165) is 6.92 Å². The highest BCUT2D eigenvalue weighted by atomic mass is 35.5. The van der Waals surface area contributed by atoms with Crippen molar-refractivity contribution in [2.24, 2.45) is 0 Å². The average molecular weight is 173 g/mol. The minimum absolute atomic E-state index is 0.354. The SMILES string of the molecule is CC(F)(F)CCC(=O)OCl. The quantitative estimate of drug-likeness (QED) is 0.652. The van der Waals surface area contributed by atoms with E-state index in [-0.39, 0.29) is 6.42 Å². The zero-order valence-corrected chi connectivity index (χ0v) is 6.12. The van der Waals surface area contributed by atoms with Crippen LogP contribution in [0.25, 0.3) is 0 Å². The summed E-state index contributed by atoms with van der Waals surface area (Å²) in [4.78, 5) is 10.2. The molecule has 0 fully saturated rings.